The van der Waals surface area contributed by atoms with E-state index in [1.165, 1.54) is 0 Å². The lowest BCUT2D eigenvalue weighted by atomic mass is 9.98. The van der Waals surface area contributed by atoms with E-state index < -0.39 is 0 Å². The van der Waals surface area contributed by atoms with Gasteiger partial charge in [0.15, 0.2) is 12.4 Å². The lowest BCUT2D eigenvalue weighted by Gasteiger charge is -2.19. The van der Waals surface area contributed by atoms with Crippen LogP contribution in [-0.2, 0) is 11.8 Å². The van der Waals surface area contributed by atoms with Crippen LogP contribution >= 0.6 is 11.6 Å². The second-order valence-corrected chi connectivity index (χ2v) is 7.03. The standard InChI is InChI=1S/C18H24ClN5O2/c1-11-8-14(9-12(2)16(11)19)26-10-15(25)21-18-22-17(23-24(18)3)13-4-6-20-7-5-13/h8-9,13,20H,4-7,10H2,1-3H3,(H,21,22,23,25). The van der Waals surface area contributed by atoms with Gasteiger partial charge in [-0.2, -0.15) is 10.1 Å². The van der Waals surface area contributed by atoms with Gasteiger partial charge in [-0.15, -0.1) is 0 Å². The van der Waals surface area contributed by atoms with Crippen LogP contribution in [0.25, 0.3) is 0 Å². The third-order valence-electron chi connectivity index (χ3n) is 4.51. The molecule has 0 aliphatic carbocycles. The van der Waals surface area contributed by atoms with Crippen molar-refractivity contribution in [2.24, 2.45) is 7.05 Å². The molecule has 7 nitrogen and oxygen atoms in total. The second kappa shape index (κ2) is 8.05. The lowest BCUT2D eigenvalue weighted by molar-refractivity contribution is -0.118. The van der Waals surface area contributed by atoms with Crippen LogP contribution in [-0.4, -0.2) is 40.4 Å². The zero-order valence-electron chi connectivity index (χ0n) is 15.3. The fourth-order valence-corrected chi connectivity index (χ4v) is 3.17. The van der Waals surface area contributed by atoms with Crippen LogP contribution in [0.15, 0.2) is 12.1 Å². The first kappa shape index (κ1) is 18.7. The SMILES string of the molecule is Cc1cc(OCC(=O)Nc2nc(C3CCNCC3)nn2C)cc(C)c1Cl. The van der Waals surface area contributed by atoms with E-state index in [0.717, 1.165) is 42.9 Å². The summed E-state index contributed by atoms with van der Waals surface area (Å²) in [5, 5.41) is 11.2. The number of anilines is 1. The van der Waals surface area contributed by atoms with Crippen LogP contribution in [0.2, 0.25) is 5.02 Å². The molecule has 1 aliphatic rings. The van der Waals surface area contributed by atoms with E-state index in [2.05, 4.69) is 20.7 Å². The number of ether oxygens (including phenoxy) is 1. The predicted octanol–water partition coefficient (Wildman–Crippen LogP) is 2.57. The summed E-state index contributed by atoms with van der Waals surface area (Å²) in [6.45, 7) is 5.65. The number of hydrogen-bond donors (Lipinski definition) is 2. The molecule has 0 atom stereocenters. The van der Waals surface area contributed by atoms with Crippen LogP contribution < -0.4 is 15.4 Å². The molecule has 1 amide bonds. The van der Waals surface area contributed by atoms with Crippen LogP contribution in [0, 0.1) is 13.8 Å². The highest BCUT2D eigenvalue weighted by Crippen LogP contribution is 2.26. The van der Waals surface area contributed by atoms with Crippen molar-refractivity contribution in [1.82, 2.24) is 20.1 Å². The highest BCUT2D eigenvalue weighted by atomic mass is 35.5. The van der Waals surface area contributed by atoms with Gasteiger partial charge in [-0.05, 0) is 63.0 Å². The molecule has 0 unspecified atom stereocenters. The molecule has 0 radical (unpaired) electrons. The zero-order chi connectivity index (χ0) is 18.7. The first-order valence-corrected chi connectivity index (χ1v) is 9.13. The maximum Gasteiger partial charge on any atom is 0.264 e. The molecule has 1 fully saturated rings. The highest BCUT2D eigenvalue weighted by molar-refractivity contribution is 6.32. The quantitative estimate of drug-likeness (QED) is 0.837. The first-order valence-electron chi connectivity index (χ1n) is 8.75. The molecule has 26 heavy (non-hydrogen) atoms. The monoisotopic (exact) mass is 377 g/mol. The average molecular weight is 378 g/mol. The van der Waals surface area contributed by atoms with Gasteiger partial charge in [0.1, 0.15) is 5.75 Å². The van der Waals surface area contributed by atoms with E-state index in [1.54, 1.807) is 11.7 Å². The van der Waals surface area contributed by atoms with E-state index in [9.17, 15) is 4.79 Å². The summed E-state index contributed by atoms with van der Waals surface area (Å²) in [5.74, 6) is 1.91. The van der Waals surface area contributed by atoms with E-state index in [0.29, 0.717) is 22.6 Å². The molecule has 8 heteroatoms. The summed E-state index contributed by atoms with van der Waals surface area (Å²) in [4.78, 5) is 16.7. The molecule has 1 aromatic carbocycles. The molecule has 0 spiro atoms. The summed E-state index contributed by atoms with van der Waals surface area (Å²) in [6, 6.07) is 3.64. The molecule has 2 aromatic rings. The Hall–Kier alpha value is -2.12. The van der Waals surface area contributed by atoms with Crippen molar-refractivity contribution < 1.29 is 9.53 Å². The van der Waals surface area contributed by atoms with Crippen molar-refractivity contribution in [3.05, 3.63) is 34.1 Å². The fraction of sp³-hybridized carbons (Fsp3) is 0.500. The summed E-state index contributed by atoms with van der Waals surface area (Å²) in [6.07, 6.45) is 2.02. The number of aryl methyl sites for hydroxylation is 3. The number of carbonyl (C=O) groups excluding carboxylic acids is 1. The molecule has 0 bridgehead atoms. The Balaban J connectivity index is 1.59. The summed E-state index contributed by atoms with van der Waals surface area (Å²) < 4.78 is 7.19. The number of benzene rings is 1. The number of carbonyl (C=O) groups is 1. The minimum absolute atomic E-state index is 0.101. The number of nitrogens with one attached hydrogen (secondary N) is 2. The van der Waals surface area contributed by atoms with Crippen molar-refractivity contribution in [1.29, 1.82) is 0 Å². The molecule has 2 heterocycles. The Morgan fingerprint density at radius 2 is 2.00 bits per heavy atom. The average Bonchev–Trinajstić information content (AvgIpc) is 2.99. The Kier molecular flexibility index (Phi) is 5.78. The largest absolute Gasteiger partial charge is 0.484 e. The second-order valence-electron chi connectivity index (χ2n) is 6.65. The Bertz CT molecular complexity index is 776. The molecule has 0 saturated carbocycles. The number of amides is 1. The normalized spacial score (nSPS) is 15.1. The van der Waals surface area contributed by atoms with Crippen molar-refractivity contribution in [2.45, 2.75) is 32.6 Å². The maximum absolute atomic E-state index is 12.2. The summed E-state index contributed by atoms with van der Waals surface area (Å²) in [7, 11) is 1.78. The van der Waals surface area contributed by atoms with Gasteiger partial charge in [-0.1, -0.05) is 11.6 Å². The molecule has 3 rings (SSSR count). The smallest absolute Gasteiger partial charge is 0.264 e. The molecule has 1 aromatic heterocycles. The van der Waals surface area contributed by atoms with Crippen LogP contribution in [0.3, 0.4) is 0 Å². The van der Waals surface area contributed by atoms with Crippen molar-refractivity contribution >= 4 is 23.5 Å². The number of aromatic nitrogens is 3. The molecule has 2 N–H and O–H groups in total. The lowest BCUT2D eigenvalue weighted by Crippen LogP contribution is -2.27. The topological polar surface area (TPSA) is 81.1 Å². The van der Waals surface area contributed by atoms with Crippen molar-refractivity contribution in [3.8, 4) is 5.75 Å². The van der Waals surface area contributed by atoms with E-state index in [4.69, 9.17) is 16.3 Å². The zero-order valence-corrected chi connectivity index (χ0v) is 16.1. The molecule has 140 valence electrons. The molecule has 1 aliphatic heterocycles. The van der Waals surface area contributed by atoms with Gasteiger partial charge in [-0.3, -0.25) is 10.1 Å². The van der Waals surface area contributed by atoms with Crippen molar-refractivity contribution in [2.75, 3.05) is 25.0 Å². The van der Waals surface area contributed by atoms with Gasteiger partial charge in [0, 0.05) is 18.0 Å². The Morgan fingerprint density at radius 3 is 2.65 bits per heavy atom. The van der Waals surface area contributed by atoms with Crippen molar-refractivity contribution in [3.63, 3.8) is 0 Å². The fourth-order valence-electron chi connectivity index (χ4n) is 3.07. The van der Waals surface area contributed by atoms with Gasteiger partial charge < -0.3 is 10.1 Å². The molecular weight excluding hydrogens is 354 g/mol. The first-order chi connectivity index (χ1) is 12.4. The minimum Gasteiger partial charge on any atom is -0.484 e. The van der Waals surface area contributed by atoms with Crippen LogP contribution in [0.5, 0.6) is 5.75 Å². The number of halogens is 1. The summed E-state index contributed by atoms with van der Waals surface area (Å²) >= 11 is 6.15. The molecule has 1 saturated heterocycles. The number of hydrogen-bond acceptors (Lipinski definition) is 5. The summed E-state index contributed by atoms with van der Waals surface area (Å²) in [5.41, 5.74) is 1.84. The predicted molar refractivity (Wildman–Crippen MR) is 101 cm³/mol. The van der Waals surface area contributed by atoms with E-state index in [1.807, 2.05) is 26.0 Å². The van der Waals surface area contributed by atoms with Gasteiger partial charge in [0.2, 0.25) is 5.95 Å². The number of rotatable bonds is 5. The van der Waals surface area contributed by atoms with Gasteiger partial charge in [0.25, 0.3) is 5.91 Å². The third-order valence-corrected chi connectivity index (χ3v) is 5.11. The van der Waals surface area contributed by atoms with Gasteiger partial charge >= 0.3 is 0 Å². The third kappa shape index (κ3) is 4.34. The maximum atomic E-state index is 12.2. The van der Waals surface area contributed by atoms with Crippen LogP contribution in [0.4, 0.5) is 5.95 Å². The van der Waals surface area contributed by atoms with E-state index >= 15 is 0 Å². The highest BCUT2D eigenvalue weighted by Gasteiger charge is 2.21. The van der Waals surface area contributed by atoms with Gasteiger partial charge in [-0.25, -0.2) is 4.68 Å². The minimum atomic E-state index is -0.275. The van der Waals surface area contributed by atoms with Crippen LogP contribution in [0.1, 0.15) is 35.7 Å². The Morgan fingerprint density at radius 1 is 1.35 bits per heavy atom. The molecular formula is C18H24ClN5O2. The number of nitrogens with zero attached hydrogens (tertiary/aromatic N) is 3. The Labute approximate surface area is 158 Å². The van der Waals surface area contributed by atoms with E-state index in [-0.39, 0.29) is 12.5 Å². The number of piperidine rings is 1. The van der Waals surface area contributed by atoms with Gasteiger partial charge in [0.05, 0.1) is 0 Å².